The van der Waals surface area contributed by atoms with E-state index in [9.17, 15) is 0 Å². The quantitative estimate of drug-likeness (QED) is 0.424. The van der Waals surface area contributed by atoms with Gasteiger partial charge in [0.1, 0.15) is 0 Å². The van der Waals surface area contributed by atoms with Crippen molar-refractivity contribution in [2.75, 3.05) is 41.1 Å². The molecule has 4 aliphatic rings. The zero-order valence-corrected chi connectivity index (χ0v) is 11.3. The monoisotopic (exact) mass is 282 g/mol. The Morgan fingerprint density at radius 3 is 1.36 bits per heavy atom. The molecule has 8 heteroatoms. The molecule has 4 heterocycles. The second kappa shape index (κ2) is 2.88. The molecule has 4 bridgehead atoms. The van der Waals surface area contributed by atoms with Gasteiger partial charge in [-0.15, -0.1) is 0 Å². The minimum atomic E-state index is -1.44. The van der Waals surface area contributed by atoms with Crippen LogP contribution in [0, 0.1) is 0 Å². The van der Waals surface area contributed by atoms with Crippen molar-refractivity contribution >= 4 is 21.1 Å². The minimum absolute atomic E-state index is 1.01. The van der Waals surface area contributed by atoms with E-state index in [-0.39, 0.29) is 0 Å². The first kappa shape index (κ1) is 9.90. The second-order valence-corrected chi connectivity index (χ2v) is 9.77. The van der Waals surface area contributed by atoms with Gasteiger partial charge in [0.2, 0.25) is 0 Å². The molecule has 0 N–H and O–H groups in total. The van der Waals surface area contributed by atoms with Crippen molar-refractivity contribution in [3.05, 3.63) is 0 Å². The van der Waals surface area contributed by atoms with Crippen LogP contribution in [0.5, 0.6) is 0 Å². The van der Waals surface area contributed by atoms with Crippen LogP contribution in [-0.2, 0) is 0 Å². The average Bonchev–Trinajstić information content (AvgIpc) is 2.20. The topological polar surface area (TPSA) is 19.4 Å². The molecule has 4 saturated heterocycles. The second-order valence-electron chi connectivity index (χ2n) is 3.93. The van der Waals surface area contributed by atoms with Gasteiger partial charge in [0.15, 0.2) is 0 Å². The molecule has 0 aliphatic carbocycles. The summed E-state index contributed by atoms with van der Waals surface area (Å²) >= 11 is 3.40. The Morgan fingerprint density at radius 2 is 1.07 bits per heavy atom. The first-order valence-corrected chi connectivity index (χ1v) is 8.49. The molecule has 0 aromatic carbocycles. The predicted molar refractivity (Wildman–Crippen MR) is 56.1 cm³/mol. The molecule has 0 unspecified atom stereocenters. The van der Waals surface area contributed by atoms with Gasteiger partial charge in [-0.1, -0.05) is 0 Å². The van der Waals surface area contributed by atoms with E-state index in [0.29, 0.717) is 0 Å². The molecule has 0 saturated carbocycles. The van der Waals surface area contributed by atoms with E-state index in [4.69, 9.17) is 0 Å². The van der Waals surface area contributed by atoms with Crippen LogP contribution in [0.4, 0.5) is 0 Å². The van der Waals surface area contributed by atoms with Gasteiger partial charge in [-0.2, -0.15) is 0 Å². The summed E-state index contributed by atoms with van der Waals surface area (Å²) in [5, 5.41) is 7.15. The number of rotatable bonds is 0. The fourth-order valence-electron chi connectivity index (χ4n) is 2.30. The van der Waals surface area contributed by atoms with Crippen LogP contribution in [0.15, 0.2) is 0 Å². The third kappa shape index (κ3) is 0.955. The summed E-state index contributed by atoms with van der Waals surface area (Å²) in [6, 6.07) is 0. The van der Waals surface area contributed by atoms with Crippen molar-refractivity contribution in [1.82, 2.24) is 29.4 Å². The Morgan fingerprint density at radius 1 is 0.786 bits per heavy atom. The van der Waals surface area contributed by atoms with Crippen LogP contribution in [0.1, 0.15) is 0 Å². The Kier molecular flexibility index (Phi) is 2.04. The standard InChI is InChI=1S/C6H15N6PSe/c1-7-10-4-11-6-12(5-10)9(3)13(7,14)8(11)2/h4-6H2,1-3H3. The summed E-state index contributed by atoms with van der Waals surface area (Å²) in [6.45, 7) is 3.04. The number of hydrazine groups is 3. The maximum atomic E-state index is 3.40. The van der Waals surface area contributed by atoms with Gasteiger partial charge in [0.05, 0.1) is 0 Å². The molecule has 4 aliphatic heterocycles. The van der Waals surface area contributed by atoms with E-state index in [1.165, 1.54) is 0 Å². The predicted octanol–water partition coefficient (Wildman–Crippen LogP) is -0.808. The Balaban J connectivity index is 2.10. The maximum absolute atomic E-state index is 3.40. The summed E-state index contributed by atoms with van der Waals surface area (Å²) in [5.74, 6) is -1.44. The van der Waals surface area contributed by atoms with Crippen LogP contribution in [-0.4, -0.2) is 85.6 Å². The number of hydrogen-bond acceptors (Lipinski definition) is 6. The fourth-order valence-corrected chi connectivity index (χ4v) is 6.71. The molecule has 0 spiro atoms. The van der Waals surface area contributed by atoms with E-state index >= 15 is 0 Å². The molecule has 6 nitrogen and oxygen atoms in total. The molecule has 0 atom stereocenters. The van der Waals surface area contributed by atoms with Gasteiger partial charge < -0.3 is 0 Å². The summed E-state index contributed by atoms with van der Waals surface area (Å²) in [6.07, 6.45) is 0. The molecule has 0 radical (unpaired) electrons. The molecule has 14 heavy (non-hydrogen) atoms. The van der Waals surface area contributed by atoms with Crippen LogP contribution in [0.3, 0.4) is 0 Å². The van der Waals surface area contributed by atoms with Crippen LogP contribution < -0.4 is 0 Å². The van der Waals surface area contributed by atoms with Crippen molar-refractivity contribution in [3.8, 4) is 0 Å². The summed E-state index contributed by atoms with van der Waals surface area (Å²) in [5.41, 5.74) is 0. The van der Waals surface area contributed by atoms with Crippen molar-refractivity contribution in [1.29, 1.82) is 0 Å². The van der Waals surface area contributed by atoms with Gasteiger partial charge in [-0.25, -0.2) is 0 Å². The van der Waals surface area contributed by atoms with Crippen LogP contribution in [0.2, 0.25) is 0 Å². The molecule has 0 amide bonds. The van der Waals surface area contributed by atoms with Crippen molar-refractivity contribution in [3.63, 3.8) is 0 Å². The summed E-state index contributed by atoms with van der Waals surface area (Å²) in [7, 11) is 6.53. The first-order valence-electron chi connectivity index (χ1n) is 4.62. The molecule has 0 aromatic heterocycles. The van der Waals surface area contributed by atoms with Gasteiger partial charge in [-0.3, -0.25) is 0 Å². The fraction of sp³-hybridized carbons (Fsp3) is 1.00. The summed E-state index contributed by atoms with van der Waals surface area (Å²) < 4.78 is 7.12. The first-order chi connectivity index (χ1) is 6.55. The molecule has 4 fully saturated rings. The average molecular weight is 281 g/mol. The summed E-state index contributed by atoms with van der Waals surface area (Å²) in [4.78, 5) is 0. The molecular weight excluding hydrogens is 266 g/mol. The van der Waals surface area contributed by atoms with Crippen molar-refractivity contribution < 1.29 is 0 Å². The van der Waals surface area contributed by atoms with E-state index in [0.717, 1.165) is 20.0 Å². The Bertz CT molecular complexity index is 270. The molecule has 4 rings (SSSR count). The van der Waals surface area contributed by atoms with Crippen LogP contribution in [0.25, 0.3) is 0 Å². The molecule has 80 valence electrons. The van der Waals surface area contributed by atoms with Gasteiger partial charge in [-0.05, 0) is 0 Å². The SMILES string of the molecule is CN1N2CN3CN(C2)N(C)P1(=[Se])N3C. The van der Waals surface area contributed by atoms with E-state index in [2.05, 4.69) is 65.6 Å². The van der Waals surface area contributed by atoms with Gasteiger partial charge in [0.25, 0.3) is 0 Å². The third-order valence-electron chi connectivity index (χ3n) is 3.34. The zero-order valence-electron chi connectivity index (χ0n) is 8.66. The number of hydrogen-bond donors (Lipinski definition) is 0. The van der Waals surface area contributed by atoms with Crippen LogP contribution >= 0.6 is 5.96 Å². The van der Waals surface area contributed by atoms with E-state index < -0.39 is 5.96 Å². The molecule has 0 aromatic rings. The van der Waals surface area contributed by atoms with Gasteiger partial charge >= 0.3 is 91.6 Å². The number of nitrogens with zero attached hydrogens (tertiary/aromatic N) is 6. The van der Waals surface area contributed by atoms with E-state index in [1.807, 2.05) is 0 Å². The van der Waals surface area contributed by atoms with Crippen molar-refractivity contribution in [2.24, 2.45) is 0 Å². The van der Waals surface area contributed by atoms with Crippen molar-refractivity contribution in [2.45, 2.75) is 0 Å². The van der Waals surface area contributed by atoms with E-state index in [1.54, 1.807) is 0 Å². The van der Waals surface area contributed by atoms with Gasteiger partial charge in [0, 0.05) is 0 Å². The Hall–Kier alpha value is 0.709. The third-order valence-corrected chi connectivity index (χ3v) is 10.8. The molecular formula is C6H15N6PSe. The zero-order chi connectivity index (χ0) is 10.1. The normalized spacial score (nSPS) is 54.4. The Labute approximate surface area is 91.9 Å².